The number of nitrogens with one attached hydrogen (secondary N) is 1. The first-order valence-corrected chi connectivity index (χ1v) is 5.74. The SMILES string of the molecule is CC1(Cc2ccc(F)c(F)c2)CCCNC1. The van der Waals surface area contributed by atoms with Crippen LogP contribution in [0.3, 0.4) is 0 Å². The van der Waals surface area contributed by atoms with E-state index in [9.17, 15) is 8.78 Å². The zero-order chi connectivity index (χ0) is 11.6. The number of benzene rings is 1. The van der Waals surface area contributed by atoms with E-state index in [0.29, 0.717) is 0 Å². The van der Waals surface area contributed by atoms with Gasteiger partial charge in [0.25, 0.3) is 0 Å². The molecule has 3 heteroatoms. The topological polar surface area (TPSA) is 12.0 Å². The molecule has 16 heavy (non-hydrogen) atoms. The smallest absolute Gasteiger partial charge is 0.159 e. The molecule has 1 unspecified atom stereocenters. The van der Waals surface area contributed by atoms with Gasteiger partial charge in [-0.15, -0.1) is 0 Å². The molecule has 1 N–H and O–H groups in total. The molecular formula is C13H17F2N. The molecule has 0 bridgehead atoms. The van der Waals surface area contributed by atoms with Gasteiger partial charge in [-0.3, -0.25) is 0 Å². The first kappa shape index (κ1) is 11.5. The highest BCUT2D eigenvalue weighted by Crippen LogP contribution is 2.30. The molecule has 0 aliphatic carbocycles. The first-order chi connectivity index (χ1) is 7.59. The zero-order valence-electron chi connectivity index (χ0n) is 9.52. The third-order valence-corrected chi connectivity index (χ3v) is 3.30. The lowest BCUT2D eigenvalue weighted by atomic mass is 9.78. The second kappa shape index (κ2) is 4.50. The summed E-state index contributed by atoms with van der Waals surface area (Å²) in [5, 5.41) is 3.35. The summed E-state index contributed by atoms with van der Waals surface area (Å²) in [6, 6.07) is 4.21. The highest BCUT2D eigenvalue weighted by molar-refractivity contribution is 5.19. The lowest BCUT2D eigenvalue weighted by molar-refractivity contribution is 0.234. The van der Waals surface area contributed by atoms with Crippen molar-refractivity contribution in [2.45, 2.75) is 26.2 Å². The third kappa shape index (κ3) is 2.59. The molecule has 1 aromatic rings. The van der Waals surface area contributed by atoms with Gasteiger partial charge in [-0.1, -0.05) is 13.0 Å². The van der Waals surface area contributed by atoms with E-state index < -0.39 is 11.6 Å². The average molecular weight is 225 g/mol. The number of rotatable bonds is 2. The summed E-state index contributed by atoms with van der Waals surface area (Å²) in [5.41, 5.74) is 1.05. The molecule has 0 saturated carbocycles. The summed E-state index contributed by atoms with van der Waals surface area (Å²) in [5.74, 6) is -1.51. The van der Waals surface area contributed by atoms with E-state index >= 15 is 0 Å². The van der Waals surface area contributed by atoms with Crippen molar-refractivity contribution in [3.63, 3.8) is 0 Å². The Morgan fingerprint density at radius 1 is 1.31 bits per heavy atom. The average Bonchev–Trinajstić information content (AvgIpc) is 2.24. The maximum Gasteiger partial charge on any atom is 0.159 e. The van der Waals surface area contributed by atoms with Gasteiger partial charge in [0.05, 0.1) is 0 Å². The number of piperidine rings is 1. The van der Waals surface area contributed by atoms with E-state index in [0.717, 1.165) is 37.9 Å². The lowest BCUT2D eigenvalue weighted by Gasteiger charge is -2.34. The van der Waals surface area contributed by atoms with Gasteiger partial charge in [0.1, 0.15) is 0 Å². The monoisotopic (exact) mass is 225 g/mol. The fourth-order valence-corrected chi connectivity index (χ4v) is 2.41. The van der Waals surface area contributed by atoms with Crippen molar-refractivity contribution in [1.82, 2.24) is 5.32 Å². The van der Waals surface area contributed by atoms with Gasteiger partial charge in [-0.05, 0) is 48.9 Å². The normalized spacial score (nSPS) is 25.7. The Hall–Kier alpha value is -0.960. The fourth-order valence-electron chi connectivity index (χ4n) is 2.41. The Bertz CT molecular complexity index is 370. The molecule has 88 valence electrons. The highest BCUT2D eigenvalue weighted by atomic mass is 19.2. The molecule has 1 atom stereocenters. The van der Waals surface area contributed by atoms with Crippen molar-refractivity contribution in [3.8, 4) is 0 Å². The third-order valence-electron chi connectivity index (χ3n) is 3.30. The maximum atomic E-state index is 13.1. The van der Waals surface area contributed by atoms with Crippen molar-refractivity contribution < 1.29 is 8.78 Å². The molecule has 1 aliphatic heterocycles. The Morgan fingerprint density at radius 2 is 2.12 bits per heavy atom. The van der Waals surface area contributed by atoms with E-state index in [1.165, 1.54) is 12.1 Å². The number of halogens is 2. The van der Waals surface area contributed by atoms with Gasteiger partial charge < -0.3 is 5.32 Å². The molecule has 1 aliphatic rings. The molecule has 2 rings (SSSR count). The predicted octanol–water partition coefficient (Wildman–Crippen LogP) is 2.90. The minimum absolute atomic E-state index is 0.169. The van der Waals surface area contributed by atoms with Crippen molar-refractivity contribution in [1.29, 1.82) is 0 Å². The molecule has 1 heterocycles. The largest absolute Gasteiger partial charge is 0.316 e. The van der Waals surface area contributed by atoms with Crippen LogP contribution in [-0.4, -0.2) is 13.1 Å². The standard InChI is InChI=1S/C13H17F2N/c1-13(5-2-6-16-9-13)8-10-3-4-11(14)12(15)7-10/h3-4,7,16H,2,5-6,8-9H2,1H3. The van der Waals surface area contributed by atoms with Crippen LogP contribution in [0.5, 0.6) is 0 Å². The van der Waals surface area contributed by atoms with Crippen molar-refractivity contribution in [3.05, 3.63) is 35.4 Å². The van der Waals surface area contributed by atoms with Gasteiger partial charge in [0, 0.05) is 6.54 Å². The minimum atomic E-state index is -0.768. The van der Waals surface area contributed by atoms with Crippen LogP contribution in [0, 0.1) is 17.0 Å². The Labute approximate surface area is 94.9 Å². The molecule has 0 radical (unpaired) electrons. The van der Waals surface area contributed by atoms with Crippen LogP contribution in [0.1, 0.15) is 25.3 Å². The fraction of sp³-hybridized carbons (Fsp3) is 0.538. The summed E-state index contributed by atoms with van der Waals surface area (Å²) in [6.45, 7) is 4.21. The second-order valence-corrected chi connectivity index (χ2v) is 5.02. The van der Waals surface area contributed by atoms with Crippen LogP contribution in [0.4, 0.5) is 8.78 Å². The summed E-state index contributed by atoms with van der Waals surface area (Å²) >= 11 is 0. The summed E-state index contributed by atoms with van der Waals surface area (Å²) < 4.78 is 25.9. The van der Waals surface area contributed by atoms with E-state index in [-0.39, 0.29) is 5.41 Å². The Balaban J connectivity index is 2.10. The molecule has 0 spiro atoms. The summed E-state index contributed by atoms with van der Waals surface area (Å²) in [6.07, 6.45) is 3.09. The predicted molar refractivity (Wildman–Crippen MR) is 60.3 cm³/mol. The maximum absolute atomic E-state index is 13.1. The van der Waals surface area contributed by atoms with Gasteiger partial charge in [-0.25, -0.2) is 8.78 Å². The number of hydrogen-bond donors (Lipinski definition) is 1. The summed E-state index contributed by atoms with van der Waals surface area (Å²) in [4.78, 5) is 0. The van der Waals surface area contributed by atoms with Gasteiger partial charge >= 0.3 is 0 Å². The van der Waals surface area contributed by atoms with Crippen LogP contribution in [-0.2, 0) is 6.42 Å². The second-order valence-electron chi connectivity index (χ2n) is 5.02. The van der Waals surface area contributed by atoms with Crippen LogP contribution in [0.25, 0.3) is 0 Å². The first-order valence-electron chi connectivity index (χ1n) is 5.74. The van der Waals surface area contributed by atoms with Crippen molar-refractivity contribution in [2.24, 2.45) is 5.41 Å². The van der Waals surface area contributed by atoms with Crippen LogP contribution < -0.4 is 5.32 Å². The molecule has 0 amide bonds. The van der Waals surface area contributed by atoms with Gasteiger partial charge in [0.2, 0.25) is 0 Å². The van der Waals surface area contributed by atoms with Gasteiger partial charge in [-0.2, -0.15) is 0 Å². The molecule has 1 nitrogen and oxygen atoms in total. The lowest BCUT2D eigenvalue weighted by Crippen LogP contribution is -2.39. The van der Waals surface area contributed by atoms with Crippen LogP contribution >= 0.6 is 0 Å². The van der Waals surface area contributed by atoms with E-state index in [1.54, 1.807) is 6.07 Å². The molecule has 1 fully saturated rings. The minimum Gasteiger partial charge on any atom is -0.316 e. The molecule has 1 saturated heterocycles. The van der Waals surface area contributed by atoms with Crippen molar-refractivity contribution >= 4 is 0 Å². The Kier molecular flexibility index (Phi) is 3.24. The zero-order valence-corrected chi connectivity index (χ0v) is 9.52. The molecule has 1 aromatic carbocycles. The van der Waals surface area contributed by atoms with E-state index in [1.807, 2.05) is 0 Å². The van der Waals surface area contributed by atoms with E-state index in [4.69, 9.17) is 0 Å². The van der Waals surface area contributed by atoms with Crippen molar-refractivity contribution in [2.75, 3.05) is 13.1 Å². The number of hydrogen-bond acceptors (Lipinski definition) is 1. The van der Waals surface area contributed by atoms with Crippen LogP contribution in [0.2, 0.25) is 0 Å². The Morgan fingerprint density at radius 3 is 2.75 bits per heavy atom. The highest BCUT2D eigenvalue weighted by Gasteiger charge is 2.27. The molecule has 0 aromatic heterocycles. The quantitative estimate of drug-likeness (QED) is 0.816. The van der Waals surface area contributed by atoms with E-state index in [2.05, 4.69) is 12.2 Å². The van der Waals surface area contributed by atoms with Crippen LogP contribution in [0.15, 0.2) is 18.2 Å². The summed E-state index contributed by atoms with van der Waals surface area (Å²) in [7, 11) is 0. The molecular weight excluding hydrogens is 208 g/mol. The van der Waals surface area contributed by atoms with Gasteiger partial charge in [0.15, 0.2) is 11.6 Å².